The van der Waals surface area contributed by atoms with E-state index in [1.807, 2.05) is 22.8 Å². The van der Waals surface area contributed by atoms with Gasteiger partial charge in [0.05, 0.1) is 23.1 Å². The van der Waals surface area contributed by atoms with Crippen LogP contribution in [0, 0.1) is 25.2 Å². The lowest BCUT2D eigenvalue weighted by atomic mass is 9.95. The van der Waals surface area contributed by atoms with Crippen molar-refractivity contribution in [3.8, 4) is 0 Å². The molecule has 188 valence electrons. The molecule has 36 heavy (non-hydrogen) atoms. The number of para-hydroxylation sites is 2. The topological polar surface area (TPSA) is 83.0 Å². The van der Waals surface area contributed by atoms with E-state index >= 15 is 0 Å². The average Bonchev–Trinajstić information content (AvgIpc) is 3.15. The molecule has 3 N–H and O–H groups in total. The quantitative estimate of drug-likeness (QED) is 0.322. The minimum atomic E-state index is -0.555. The van der Waals surface area contributed by atoms with Gasteiger partial charge >= 0.3 is 0 Å². The van der Waals surface area contributed by atoms with Gasteiger partial charge in [-0.15, -0.1) is 0 Å². The van der Waals surface area contributed by atoms with Gasteiger partial charge in [-0.2, -0.15) is 0 Å². The van der Waals surface area contributed by atoms with Crippen molar-refractivity contribution in [3.63, 3.8) is 0 Å². The maximum absolute atomic E-state index is 12.0. The number of rotatable bonds is 9. The molecule has 4 rings (SSSR count). The monoisotopic (exact) mass is 484 g/mol. The molecule has 0 fully saturated rings. The van der Waals surface area contributed by atoms with E-state index in [0.29, 0.717) is 18.6 Å². The molecule has 1 heterocycles. The van der Waals surface area contributed by atoms with Crippen molar-refractivity contribution < 1.29 is 9.90 Å². The number of imidazole rings is 1. The first-order chi connectivity index (χ1) is 17.3. The fourth-order valence-corrected chi connectivity index (χ4v) is 5.00. The summed E-state index contributed by atoms with van der Waals surface area (Å²) in [5.74, 6) is -0.162. The van der Waals surface area contributed by atoms with Crippen molar-refractivity contribution in [2.45, 2.75) is 46.2 Å². The predicted octanol–water partition coefficient (Wildman–Crippen LogP) is 4.68. The Morgan fingerprint density at radius 1 is 0.889 bits per heavy atom. The smallest absolute Gasteiger partial charge is 0.245 e. The van der Waals surface area contributed by atoms with E-state index in [-0.39, 0.29) is 18.0 Å². The number of aromatic nitrogens is 2. The summed E-state index contributed by atoms with van der Waals surface area (Å²) in [6.07, 6.45) is 0.646. The van der Waals surface area contributed by atoms with Gasteiger partial charge in [-0.3, -0.25) is 10.2 Å². The third kappa shape index (κ3) is 5.29. The molecule has 6 heteroatoms. The van der Waals surface area contributed by atoms with Crippen molar-refractivity contribution in [2.75, 3.05) is 13.2 Å². The number of aliphatic hydroxyl groups excluding tert-OH is 1. The predicted molar refractivity (Wildman–Crippen MR) is 144 cm³/mol. The maximum Gasteiger partial charge on any atom is 0.245 e. The first-order valence-corrected chi connectivity index (χ1v) is 12.6. The largest absolute Gasteiger partial charge is 0.387 e. The van der Waals surface area contributed by atoms with Crippen LogP contribution in [0.5, 0.6) is 0 Å². The SMILES string of the molecule is Cc1ccc(CC(CNC(=O)CO)n2c(=N)n(C(c3ccc(C)cc3)C(C)C)c3ccccc32)cc1. The summed E-state index contributed by atoms with van der Waals surface area (Å²) < 4.78 is 4.16. The van der Waals surface area contributed by atoms with Gasteiger partial charge in [0.25, 0.3) is 0 Å². The normalized spacial score (nSPS) is 13.2. The number of amides is 1. The molecule has 0 aliphatic heterocycles. The molecule has 0 saturated heterocycles. The Bertz CT molecular complexity index is 1380. The summed E-state index contributed by atoms with van der Waals surface area (Å²) in [6, 6.07) is 24.8. The van der Waals surface area contributed by atoms with Gasteiger partial charge in [-0.05, 0) is 49.4 Å². The third-order valence-corrected chi connectivity index (χ3v) is 6.82. The van der Waals surface area contributed by atoms with Crippen LogP contribution < -0.4 is 10.9 Å². The molecule has 1 aromatic heterocycles. The number of aliphatic hydroxyl groups is 1. The van der Waals surface area contributed by atoms with Crippen LogP contribution in [0.2, 0.25) is 0 Å². The highest BCUT2D eigenvalue weighted by molar-refractivity contribution is 5.78. The minimum absolute atomic E-state index is 0.0173. The van der Waals surface area contributed by atoms with Gasteiger partial charge in [0.15, 0.2) is 0 Å². The standard InChI is InChI=1S/C30H36N4O2/c1-20(2)29(24-15-11-22(4)12-16-24)34-27-8-6-5-7-26(27)33(30(34)31)25(18-32-28(36)19-35)17-23-13-9-21(3)10-14-23/h5-16,20,25,29,31,35H,17-19H2,1-4H3,(H,32,36). The summed E-state index contributed by atoms with van der Waals surface area (Å²) in [7, 11) is 0. The molecule has 6 nitrogen and oxygen atoms in total. The van der Waals surface area contributed by atoms with E-state index in [1.54, 1.807) is 0 Å². The van der Waals surface area contributed by atoms with Crippen LogP contribution in [0.4, 0.5) is 0 Å². The number of hydrogen-bond acceptors (Lipinski definition) is 3. The fourth-order valence-electron chi connectivity index (χ4n) is 5.00. The molecule has 0 aliphatic rings. The van der Waals surface area contributed by atoms with E-state index in [0.717, 1.165) is 16.6 Å². The van der Waals surface area contributed by atoms with Gasteiger partial charge in [-0.1, -0.05) is 85.6 Å². The summed E-state index contributed by atoms with van der Waals surface area (Å²) >= 11 is 0. The van der Waals surface area contributed by atoms with Crippen molar-refractivity contribution in [1.82, 2.24) is 14.5 Å². The van der Waals surface area contributed by atoms with Crippen LogP contribution in [-0.4, -0.2) is 33.3 Å². The van der Waals surface area contributed by atoms with Gasteiger partial charge in [-0.25, -0.2) is 0 Å². The summed E-state index contributed by atoms with van der Waals surface area (Å²) in [5, 5.41) is 21.6. The molecule has 0 aliphatic carbocycles. The van der Waals surface area contributed by atoms with Gasteiger partial charge < -0.3 is 19.6 Å². The lowest BCUT2D eigenvalue weighted by Crippen LogP contribution is -2.38. The Balaban J connectivity index is 1.88. The zero-order valence-corrected chi connectivity index (χ0v) is 21.5. The lowest BCUT2D eigenvalue weighted by Gasteiger charge is -2.25. The molecular weight excluding hydrogens is 448 g/mol. The number of benzene rings is 3. The Kier molecular flexibility index (Phi) is 7.75. The second kappa shape index (κ2) is 11.0. The Morgan fingerprint density at radius 3 is 2.00 bits per heavy atom. The number of aryl methyl sites for hydroxylation is 2. The fraction of sp³-hybridized carbons (Fsp3) is 0.333. The number of carbonyl (C=O) groups is 1. The zero-order valence-electron chi connectivity index (χ0n) is 21.5. The lowest BCUT2D eigenvalue weighted by molar-refractivity contribution is -0.123. The Morgan fingerprint density at radius 2 is 1.44 bits per heavy atom. The van der Waals surface area contributed by atoms with E-state index in [1.165, 1.54) is 16.7 Å². The second-order valence-corrected chi connectivity index (χ2v) is 9.96. The van der Waals surface area contributed by atoms with Crippen molar-refractivity contribution in [1.29, 1.82) is 5.41 Å². The van der Waals surface area contributed by atoms with Crippen LogP contribution in [0.1, 0.15) is 48.2 Å². The molecule has 3 aromatic carbocycles. The second-order valence-electron chi connectivity index (χ2n) is 9.96. The molecule has 2 atom stereocenters. The van der Waals surface area contributed by atoms with Gasteiger partial charge in [0.2, 0.25) is 11.5 Å². The van der Waals surface area contributed by atoms with Gasteiger partial charge in [0, 0.05) is 6.54 Å². The molecule has 1 amide bonds. The summed E-state index contributed by atoms with van der Waals surface area (Å²) in [6.45, 7) is 8.28. The molecule has 0 spiro atoms. The molecule has 4 aromatic rings. The Hall–Kier alpha value is -3.64. The highest BCUT2D eigenvalue weighted by Gasteiger charge is 2.26. The molecule has 0 radical (unpaired) electrons. The van der Waals surface area contributed by atoms with E-state index < -0.39 is 12.5 Å². The molecular formula is C30H36N4O2. The first kappa shape index (κ1) is 25.5. The summed E-state index contributed by atoms with van der Waals surface area (Å²) in [5.41, 5.74) is 7.03. The van der Waals surface area contributed by atoms with Gasteiger partial charge in [0.1, 0.15) is 6.61 Å². The maximum atomic E-state index is 12.0. The number of fused-ring (bicyclic) bond motifs is 1. The van der Waals surface area contributed by atoms with Crippen LogP contribution >= 0.6 is 0 Å². The number of nitrogens with one attached hydrogen (secondary N) is 2. The van der Waals surface area contributed by atoms with Crippen LogP contribution in [0.15, 0.2) is 72.8 Å². The zero-order chi connectivity index (χ0) is 25.8. The first-order valence-electron chi connectivity index (χ1n) is 12.6. The van der Waals surface area contributed by atoms with E-state index in [4.69, 9.17) is 0 Å². The Labute approximate surface area is 212 Å². The average molecular weight is 485 g/mol. The van der Waals surface area contributed by atoms with Crippen molar-refractivity contribution >= 4 is 16.9 Å². The van der Waals surface area contributed by atoms with E-state index in [9.17, 15) is 15.3 Å². The third-order valence-electron chi connectivity index (χ3n) is 6.82. The van der Waals surface area contributed by atoms with E-state index in [2.05, 4.69) is 92.2 Å². The minimum Gasteiger partial charge on any atom is -0.387 e. The number of carbonyl (C=O) groups excluding carboxylic acids is 1. The highest BCUT2D eigenvalue weighted by Crippen LogP contribution is 2.30. The molecule has 2 unspecified atom stereocenters. The number of nitrogens with zero attached hydrogens (tertiary/aromatic N) is 2. The van der Waals surface area contributed by atoms with Crippen molar-refractivity contribution in [3.05, 3.63) is 101 Å². The molecule has 0 saturated carbocycles. The highest BCUT2D eigenvalue weighted by atomic mass is 16.3. The van der Waals surface area contributed by atoms with Crippen LogP contribution in [-0.2, 0) is 11.2 Å². The van der Waals surface area contributed by atoms with Crippen LogP contribution in [0.25, 0.3) is 11.0 Å². The summed E-state index contributed by atoms with van der Waals surface area (Å²) in [4.78, 5) is 12.0. The molecule has 0 bridgehead atoms. The van der Waals surface area contributed by atoms with Crippen molar-refractivity contribution in [2.24, 2.45) is 5.92 Å². The number of hydrogen-bond donors (Lipinski definition) is 3. The van der Waals surface area contributed by atoms with Crippen LogP contribution in [0.3, 0.4) is 0 Å².